The van der Waals surface area contributed by atoms with Crippen molar-refractivity contribution in [2.24, 2.45) is 17.6 Å². The third-order valence-corrected chi connectivity index (χ3v) is 7.10. The zero-order chi connectivity index (χ0) is 21.1. The SMILES string of the molecule is CC[C@H](C)[C@H](N)CN(C(=O)[C@@H]1C[C@H]1c1ccsc1)c1ccc(-c2ccccc2)cc1. The Morgan fingerprint density at radius 3 is 2.43 bits per heavy atom. The van der Waals surface area contributed by atoms with Gasteiger partial charge in [-0.2, -0.15) is 11.3 Å². The lowest BCUT2D eigenvalue weighted by molar-refractivity contribution is -0.120. The maximum atomic E-state index is 13.5. The van der Waals surface area contributed by atoms with E-state index in [9.17, 15) is 4.79 Å². The van der Waals surface area contributed by atoms with E-state index in [-0.39, 0.29) is 17.9 Å². The van der Waals surface area contributed by atoms with E-state index in [0.29, 0.717) is 18.4 Å². The van der Waals surface area contributed by atoms with Crippen molar-refractivity contribution >= 4 is 22.9 Å². The van der Waals surface area contributed by atoms with E-state index in [0.717, 1.165) is 24.1 Å². The minimum absolute atomic E-state index is 0.0360. The fourth-order valence-corrected chi connectivity index (χ4v) is 4.73. The van der Waals surface area contributed by atoms with Crippen LogP contribution in [-0.4, -0.2) is 18.5 Å². The Labute approximate surface area is 183 Å². The van der Waals surface area contributed by atoms with Crippen LogP contribution in [0.25, 0.3) is 11.1 Å². The first kappa shape index (κ1) is 20.8. The number of nitrogens with two attached hydrogens (primary N) is 1. The molecule has 0 saturated heterocycles. The summed E-state index contributed by atoms with van der Waals surface area (Å²) in [5.74, 6) is 1.00. The highest BCUT2D eigenvalue weighted by atomic mass is 32.1. The number of thiophene rings is 1. The fraction of sp³-hybridized carbons (Fsp3) is 0.346. The van der Waals surface area contributed by atoms with E-state index in [1.807, 2.05) is 23.1 Å². The second kappa shape index (κ2) is 9.15. The average molecular weight is 419 g/mol. The van der Waals surface area contributed by atoms with Gasteiger partial charge in [0.25, 0.3) is 0 Å². The van der Waals surface area contributed by atoms with Crippen LogP contribution in [0, 0.1) is 11.8 Å². The molecule has 4 rings (SSSR count). The van der Waals surface area contributed by atoms with Crippen LogP contribution in [-0.2, 0) is 4.79 Å². The van der Waals surface area contributed by atoms with Gasteiger partial charge in [0.15, 0.2) is 0 Å². The molecule has 3 nitrogen and oxygen atoms in total. The summed E-state index contributed by atoms with van der Waals surface area (Å²) in [4.78, 5) is 15.4. The van der Waals surface area contributed by atoms with Crippen LogP contribution in [0.4, 0.5) is 5.69 Å². The molecule has 3 aromatic rings. The van der Waals surface area contributed by atoms with Gasteiger partial charge in [-0.05, 0) is 63.9 Å². The van der Waals surface area contributed by atoms with Gasteiger partial charge in [0, 0.05) is 24.2 Å². The predicted molar refractivity (Wildman–Crippen MR) is 127 cm³/mol. The van der Waals surface area contributed by atoms with Crippen LogP contribution in [0.2, 0.25) is 0 Å². The molecule has 1 saturated carbocycles. The van der Waals surface area contributed by atoms with Gasteiger partial charge >= 0.3 is 0 Å². The van der Waals surface area contributed by atoms with Crippen molar-refractivity contribution in [2.45, 2.75) is 38.6 Å². The van der Waals surface area contributed by atoms with Crippen LogP contribution in [0.15, 0.2) is 71.4 Å². The van der Waals surface area contributed by atoms with Gasteiger partial charge in [-0.15, -0.1) is 0 Å². The van der Waals surface area contributed by atoms with Gasteiger partial charge < -0.3 is 10.6 Å². The normalized spacial score (nSPS) is 19.8. The molecule has 1 aliphatic carbocycles. The van der Waals surface area contributed by atoms with Crippen molar-refractivity contribution in [3.63, 3.8) is 0 Å². The highest BCUT2D eigenvalue weighted by Gasteiger charge is 2.46. The molecule has 1 aliphatic rings. The highest BCUT2D eigenvalue weighted by molar-refractivity contribution is 7.08. The number of hydrogen-bond donors (Lipinski definition) is 1. The predicted octanol–water partition coefficient (Wildman–Crippen LogP) is 5.93. The summed E-state index contributed by atoms with van der Waals surface area (Å²) >= 11 is 1.70. The summed E-state index contributed by atoms with van der Waals surface area (Å²) in [6.07, 6.45) is 1.95. The van der Waals surface area contributed by atoms with Crippen LogP contribution in [0.5, 0.6) is 0 Å². The minimum Gasteiger partial charge on any atom is -0.326 e. The smallest absolute Gasteiger partial charge is 0.230 e. The summed E-state index contributed by atoms with van der Waals surface area (Å²) in [7, 11) is 0. The zero-order valence-corrected chi connectivity index (χ0v) is 18.5. The highest BCUT2D eigenvalue weighted by Crippen LogP contribution is 2.49. The molecule has 0 aliphatic heterocycles. The summed E-state index contributed by atoms with van der Waals surface area (Å²) in [5, 5.41) is 4.26. The lowest BCUT2D eigenvalue weighted by Gasteiger charge is -2.29. The molecule has 0 spiro atoms. The average Bonchev–Trinajstić information content (AvgIpc) is 3.41. The van der Waals surface area contributed by atoms with Crippen LogP contribution < -0.4 is 10.6 Å². The topological polar surface area (TPSA) is 46.3 Å². The Kier molecular flexibility index (Phi) is 6.35. The first-order valence-electron chi connectivity index (χ1n) is 10.8. The number of carbonyl (C=O) groups is 1. The minimum atomic E-state index is -0.0360. The molecule has 1 aromatic heterocycles. The number of rotatable bonds is 8. The molecule has 4 atom stereocenters. The Morgan fingerprint density at radius 1 is 1.10 bits per heavy atom. The van der Waals surface area contributed by atoms with Gasteiger partial charge in [-0.3, -0.25) is 4.79 Å². The molecule has 0 unspecified atom stereocenters. The van der Waals surface area contributed by atoms with Gasteiger partial charge in [0.05, 0.1) is 0 Å². The van der Waals surface area contributed by atoms with Crippen molar-refractivity contribution < 1.29 is 4.79 Å². The standard InChI is InChI=1S/C26H30N2OS/c1-3-18(2)25(27)16-28(26(29)24-15-23(24)21-13-14-30-17-21)22-11-9-20(10-12-22)19-7-5-4-6-8-19/h4-14,17-18,23-25H,3,15-16,27H2,1-2H3/t18-,23-,24+,25+/m0/s1. The molecular weight excluding hydrogens is 388 g/mol. The summed E-state index contributed by atoms with van der Waals surface area (Å²) in [6.45, 7) is 4.88. The second-order valence-corrected chi connectivity index (χ2v) is 9.20. The summed E-state index contributed by atoms with van der Waals surface area (Å²) in [5.41, 5.74) is 11.0. The van der Waals surface area contributed by atoms with Crippen LogP contribution >= 0.6 is 11.3 Å². The number of nitrogens with zero attached hydrogens (tertiary/aromatic N) is 1. The molecule has 1 fully saturated rings. The Hall–Kier alpha value is -2.43. The van der Waals surface area contributed by atoms with E-state index >= 15 is 0 Å². The van der Waals surface area contributed by atoms with Crippen LogP contribution in [0.1, 0.15) is 38.2 Å². The van der Waals surface area contributed by atoms with E-state index in [1.54, 1.807) is 11.3 Å². The maximum Gasteiger partial charge on any atom is 0.230 e. The molecular formula is C26H30N2OS. The van der Waals surface area contributed by atoms with E-state index in [2.05, 4.69) is 67.1 Å². The number of amides is 1. The van der Waals surface area contributed by atoms with Gasteiger partial charge in [-0.25, -0.2) is 0 Å². The van der Waals surface area contributed by atoms with E-state index < -0.39 is 0 Å². The second-order valence-electron chi connectivity index (χ2n) is 8.42. The summed E-state index contributed by atoms with van der Waals surface area (Å²) < 4.78 is 0. The molecule has 2 N–H and O–H groups in total. The lowest BCUT2D eigenvalue weighted by atomic mass is 9.98. The molecule has 30 heavy (non-hydrogen) atoms. The van der Waals surface area contributed by atoms with Crippen molar-refractivity contribution in [2.75, 3.05) is 11.4 Å². The number of anilines is 1. The lowest BCUT2D eigenvalue weighted by Crippen LogP contribution is -2.45. The number of hydrogen-bond acceptors (Lipinski definition) is 3. The van der Waals surface area contributed by atoms with E-state index in [1.165, 1.54) is 11.1 Å². The quantitative estimate of drug-likeness (QED) is 0.493. The summed E-state index contributed by atoms with van der Waals surface area (Å²) in [6, 6.07) is 20.7. The maximum absolute atomic E-state index is 13.5. The molecule has 1 heterocycles. The molecule has 1 amide bonds. The van der Waals surface area contributed by atoms with Gasteiger partial charge in [0.2, 0.25) is 5.91 Å². The Bertz CT molecular complexity index is 952. The Balaban J connectivity index is 1.56. The van der Waals surface area contributed by atoms with Gasteiger partial charge in [-0.1, -0.05) is 62.7 Å². The number of benzene rings is 2. The third kappa shape index (κ3) is 4.50. The molecule has 2 aromatic carbocycles. The first-order chi connectivity index (χ1) is 14.6. The van der Waals surface area contributed by atoms with E-state index in [4.69, 9.17) is 5.73 Å². The van der Waals surface area contributed by atoms with Crippen molar-refractivity contribution in [3.8, 4) is 11.1 Å². The third-order valence-electron chi connectivity index (χ3n) is 6.40. The van der Waals surface area contributed by atoms with Crippen LogP contribution in [0.3, 0.4) is 0 Å². The van der Waals surface area contributed by atoms with Crippen molar-refractivity contribution in [3.05, 3.63) is 77.0 Å². The first-order valence-corrected chi connectivity index (χ1v) is 11.8. The Morgan fingerprint density at radius 2 is 1.80 bits per heavy atom. The molecule has 156 valence electrons. The van der Waals surface area contributed by atoms with Crippen molar-refractivity contribution in [1.29, 1.82) is 0 Å². The molecule has 0 radical (unpaired) electrons. The monoisotopic (exact) mass is 418 g/mol. The number of carbonyl (C=O) groups excluding carboxylic acids is 1. The van der Waals surface area contributed by atoms with Crippen molar-refractivity contribution in [1.82, 2.24) is 0 Å². The fourth-order valence-electron chi connectivity index (χ4n) is 4.00. The molecule has 4 heteroatoms. The van der Waals surface area contributed by atoms with Gasteiger partial charge in [0.1, 0.15) is 0 Å². The largest absolute Gasteiger partial charge is 0.326 e. The molecule has 0 bridgehead atoms. The zero-order valence-electron chi connectivity index (χ0n) is 17.7.